The van der Waals surface area contributed by atoms with E-state index in [1.807, 2.05) is 6.07 Å². The number of benzene rings is 1. The number of hydrogen-bond donors (Lipinski definition) is 1. The second kappa shape index (κ2) is 15.8. The van der Waals surface area contributed by atoms with Crippen molar-refractivity contribution in [1.29, 1.82) is 0 Å². The van der Waals surface area contributed by atoms with Crippen LogP contribution in [0.4, 0.5) is 0 Å². The van der Waals surface area contributed by atoms with E-state index in [-0.39, 0.29) is 24.0 Å². The van der Waals surface area contributed by atoms with Crippen molar-refractivity contribution in [3.05, 3.63) is 34.3 Å². The van der Waals surface area contributed by atoms with Crippen LogP contribution in [0, 0.1) is 0 Å². The maximum Gasteiger partial charge on any atom is 0.193 e. The van der Waals surface area contributed by atoms with Crippen molar-refractivity contribution in [2.24, 2.45) is 4.99 Å². The van der Waals surface area contributed by atoms with Gasteiger partial charge in [-0.1, -0.05) is 34.1 Å². The third-order valence-electron chi connectivity index (χ3n) is 3.45. The molecule has 0 amide bonds. The van der Waals surface area contributed by atoms with Gasteiger partial charge in [0.1, 0.15) is 0 Å². The molecule has 0 unspecified atom stereocenters. The van der Waals surface area contributed by atoms with E-state index in [4.69, 9.17) is 14.5 Å². The second-order valence-electron chi connectivity index (χ2n) is 5.50. The van der Waals surface area contributed by atoms with Crippen LogP contribution in [0.1, 0.15) is 25.3 Å². The van der Waals surface area contributed by atoms with Crippen LogP contribution < -0.4 is 5.32 Å². The highest BCUT2D eigenvalue weighted by Gasteiger charge is 2.08. The molecule has 25 heavy (non-hydrogen) atoms. The molecule has 5 nitrogen and oxygen atoms in total. The Morgan fingerprint density at radius 3 is 2.64 bits per heavy atom. The molecule has 1 aromatic rings. The number of hydrogen-bond acceptors (Lipinski definition) is 3. The summed E-state index contributed by atoms with van der Waals surface area (Å²) in [7, 11) is 3.75. The van der Waals surface area contributed by atoms with Gasteiger partial charge in [-0.05, 0) is 31.4 Å². The molecule has 0 saturated heterocycles. The van der Waals surface area contributed by atoms with Gasteiger partial charge in [-0.25, -0.2) is 0 Å². The predicted octanol–water partition coefficient (Wildman–Crippen LogP) is 3.91. The van der Waals surface area contributed by atoms with Gasteiger partial charge in [-0.3, -0.25) is 4.99 Å². The fourth-order valence-electron chi connectivity index (χ4n) is 2.17. The van der Waals surface area contributed by atoms with E-state index in [0.29, 0.717) is 13.2 Å². The number of aliphatic imine (C=N–C) groups is 1. The molecule has 1 N–H and O–H groups in total. The summed E-state index contributed by atoms with van der Waals surface area (Å²) in [5.74, 6) is 0.938. The van der Waals surface area contributed by atoms with Crippen molar-refractivity contribution in [1.82, 2.24) is 10.2 Å². The number of methoxy groups -OCH3 is 1. The average Bonchev–Trinajstić information content (AvgIpc) is 2.58. The predicted molar refractivity (Wildman–Crippen MR) is 119 cm³/mol. The lowest BCUT2D eigenvalue weighted by molar-refractivity contribution is 0.0690. The van der Waals surface area contributed by atoms with Crippen molar-refractivity contribution >= 4 is 45.9 Å². The largest absolute Gasteiger partial charge is 0.382 e. The molecule has 0 aliphatic carbocycles. The highest BCUT2D eigenvalue weighted by molar-refractivity contribution is 14.0. The summed E-state index contributed by atoms with van der Waals surface area (Å²) in [4.78, 5) is 6.86. The van der Waals surface area contributed by atoms with Crippen molar-refractivity contribution in [2.75, 3.05) is 47.1 Å². The number of nitrogens with one attached hydrogen (secondary N) is 1. The molecule has 0 spiro atoms. The molecule has 0 aliphatic heterocycles. The highest BCUT2D eigenvalue weighted by atomic mass is 127. The first kappa shape index (κ1) is 24.6. The fraction of sp³-hybridized carbons (Fsp3) is 0.611. The van der Waals surface area contributed by atoms with Gasteiger partial charge in [0.25, 0.3) is 0 Å². The molecule has 0 saturated carbocycles. The first-order valence-corrected chi connectivity index (χ1v) is 9.27. The molecule has 144 valence electrons. The molecular formula is C18H31BrIN3O2. The second-order valence-corrected chi connectivity index (χ2v) is 6.35. The van der Waals surface area contributed by atoms with Gasteiger partial charge in [0.2, 0.25) is 0 Å². The van der Waals surface area contributed by atoms with Crippen LogP contribution in [0.25, 0.3) is 0 Å². The van der Waals surface area contributed by atoms with E-state index in [2.05, 4.69) is 58.3 Å². The van der Waals surface area contributed by atoms with Crippen LogP contribution in [0.2, 0.25) is 0 Å². The quantitative estimate of drug-likeness (QED) is 0.205. The molecule has 0 fully saturated rings. The Hall–Kier alpha value is -0.380. The first-order valence-electron chi connectivity index (χ1n) is 8.48. The minimum absolute atomic E-state index is 0. The van der Waals surface area contributed by atoms with E-state index in [9.17, 15) is 0 Å². The third-order valence-corrected chi connectivity index (χ3v) is 4.23. The van der Waals surface area contributed by atoms with Gasteiger partial charge in [-0.2, -0.15) is 0 Å². The van der Waals surface area contributed by atoms with E-state index in [1.54, 1.807) is 7.11 Å². The number of nitrogens with zero attached hydrogens (tertiary/aromatic N) is 2. The van der Waals surface area contributed by atoms with Gasteiger partial charge < -0.3 is 19.7 Å². The molecule has 1 aromatic carbocycles. The standard InChI is InChI=1S/C18H30BrN3O2.HI/c1-4-20-18(21-11-7-8-12-24-14-13-23-3)22(2)15-16-9-5-6-10-17(16)19;/h5-6,9-10H,4,7-8,11-15H2,1-3H3,(H,20,21);1H. The van der Waals surface area contributed by atoms with Crippen molar-refractivity contribution in [3.8, 4) is 0 Å². The van der Waals surface area contributed by atoms with Gasteiger partial charge in [0.15, 0.2) is 5.96 Å². The number of rotatable bonds is 11. The minimum Gasteiger partial charge on any atom is -0.382 e. The molecule has 0 heterocycles. The lowest BCUT2D eigenvalue weighted by Gasteiger charge is -2.22. The summed E-state index contributed by atoms with van der Waals surface area (Å²) < 4.78 is 11.5. The Kier molecular flexibility index (Phi) is 15.6. The Morgan fingerprint density at radius 1 is 1.20 bits per heavy atom. The summed E-state index contributed by atoms with van der Waals surface area (Å²) in [5.41, 5.74) is 1.25. The normalized spacial score (nSPS) is 11.1. The first-order chi connectivity index (χ1) is 11.7. The maximum absolute atomic E-state index is 5.46. The zero-order valence-electron chi connectivity index (χ0n) is 15.5. The van der Waals surface area contributed by atoms with Crippen LogP contribution in [-0.2, 0) is 16.0 Å². The highest BCUT2D eigenvalue weighted by Crippen LogP contribution is 2.17. The molecule has 0 aromatic heterocycles. The Morgan fingerprint density at radius 2 is 1.96 bits per heavy atom. The number of ether oxygens (including phenoxy) is 2. The average molecular weight is 528 g/mol. The zero-order chi connectivity index (χ0) is 17.6. The van der Waals surface area contributed by atoms with Crippen LogP contribution in [0.5, 0.6) is 0 Å². The van der Waals surface area contributed by atoms with Crippen molar-refractivity contribution in [3.63, 3.8) is 0 Å². The van der Waals surface area contributed by atoms with E-state index < -0.39 is 0 Å². The summed E-state index contributed by atoms with van der Waals surface area (Å²) in [5, 5.41) is 3.35. The van der Waals surface area contributed by atoms with Gasteiger partial charge in [0, 0.05) is 44.9 Å². The molecule has 1 rings (SSSR count). The summed E-state index contributed by atoms with van der Waals surface area (Å²) in [6, 6.07) is 8.28. The zero-order valence-corrected chi connectivity index (χ0v) is 19.4. The lowest BCUT2D eigenvalue weighted by atomic mass is 10.2. The van der Waals surface area contributed by atoms with Crippen LogP contribution >= 0.6 is 39.9 Å². The molecule has 7 heteroatoms. The van der Waals surface area contributed by atoms with Gasteiger partial charge in [-0.15, -0.1) is 24.0 Å². The fourth-order valence-corrected chi connectivity index (χ4v) is 2.58. The van der Waals surface area contributed by atoms with Crippen molar-refractivity contribution < 1.29 is 9.47 Å². The van der Waals surface area contributed by atoms with Crippen LogP contribution in [0.15, 0.2) is 33.7 Å². The van der Waals surface area contributed by atoms with Crippen LogP contribution in [0.3, 0.4) is 0 Å². The third kappa shape index (κ3) is 11.0. The Labute approximate surface area is 177 Å². The monoisotopic (exact) mass is 527 g/mol. The Bertz CT molecular complexity index is 489. The summed E-state index contributed by atoms with van der Waals surface area (Å²) >= 11 is 3.60. The summed E-state index contributed by atoms with van der Waals surface area (Å²) in [6.45, 7) is 6.65. The molecule has 0 aliphatic rings. The van der Waals surface area contributed by atoms with Gasteiger partial charge >= 0.3 is 0 Å². The SMILES string of the molecule is CCNC(=NCCCCOCCOC)N(C)Cc1ccccc1Br.I. The Balaban J connectivity index is 0.00000576. The maximum atomic E-state index is 5.46. The number of unbranched alkanes of at least 4 members (excludes halogenated alkanes) is 1. The molecule has 0 bridgehead atoms. The number of halogens is 2. The van der Waals surface area contributed by atoms with E-state index in [0.717, 1.165) is 49.5 Å². The van der Waals surface area contributed by atoms with E-state index in [1.165, 1.54) is 5.56 Å². The smallest absolute Gasteiger partial charge is 0.193 e. The molecular weight excluding hydrogens is 497 g/mol. The topological polar surface area (TPSA) is 46.1 Å². The summed E-state index contributed by atoms with van der Waals surface area (Å²) in [6.07, 6.45) is 2.03. The number of guanidine groups is 1. The molecule has 0 atom stereocenters. The van der Waals surface area contributed by atoms with Crippen molar-refractivity contribution in [2.45, 2.75) is 26.3 Å². The lowest BCUT2D eigenvalue weighted by Crippen LogP contribution is -2.38. The van der Waals surface area contributed by atoms with Crippen LogP contribution in [-0.4, -0.2) is 57.9 Å². The van der Waals surface area contributed by atoms with E-state index >= 15 is 0 Å². The minimum atomic E-state index is 0. The molecule has 0 radical (unpaired) electrons. The van der Waals surface area contributed by atoms with Gasteiger partial charge in [0.05, 0.1) is 13.2 Å².